The number of piperidine rings is 1. The predicted octanol–water partition coefficient (Wildman–Crippen LogP) is 3.23. The summed E-state index contributed by atoms with van der Waals surface area (Å²) in [4.78, 5) is 15.0. The van der Waals surface area contributed by atoms with E-state index in [1.54, 1.807) is 0 Å². The summed E-state index contributed by atoms with van der Waals surface area (Å²) in [6.45, 7) is 2.30. The molecule has 0 aromatic heterocycles. The molecule has 2 unspecified atom stereocenters. The highest BCUT2D eigenvalue weighted by atomic mass is 35.5. The van der Waals surface area contributed by atoms with Crippen LogP contribution in [0.4, 0.5) is 0 Å². The third kappa shape index (κ3) is 5.07. The van der Waals surface area contributed by atoms with Crippen LogP contribution >= 0.6 is 11.6 Å². The van der Waals surface area contributed by atoms with Gasteiger partial charge in [0.1, 0.15) is 0 Å². The Morgan fingerprint density at radius 3 is 2.69 bits per heavy atom. The Morgan fingerprint density at radius 1 is 1.19 bits per heavy atom. The van der Waals surface area contributed by atoms with Crippen molar-refractivity contribution in [3.05, 3.63) is 70.7 Å². The predicted molar refractivity (Wildman–Crippen MR) is 106 cm³/mol. The zero-order valence-electron chi connectivity index (χ0n) is 15.1. The maximum absolute atomic E-state index is 12.7. The van der Waals surface area contributed by atoms with Crippen molar-refractivity contribution >= 4 is 17.5 Å². The van der Waals surface area contributed by atoms with Crippen molar-refractivity contribution in [1.82, 2.24) is 15.5 Å². The second-order valence-electron chi connectivity index (χ2n) is 6.83. The molecule has 2 N–H and O–H groups in total. The summed E-state index contributed by atoms with van der Waals surface area (Å²) in [5.41, 5.74) is 2.04. The van der Waals surface area contributed by atoms with E-state index in [1.807, 2.05) is 61.6 Å². The highest BCUT2D eigenvalue weighted by molar-refractivity contribution is 6.30. The van der Waals surface area contributed by atoms with Crippen LogP contribution in [0, 0.1) is 0 Å². The van der Waals surface area contributed by atoms with Crippen molar-refractivity contribution in [1.29, 1.82) is 0 Å². The van der Waals surface area contributed by atoms with Crippen LogP contribution in [-0.4, -0.2) is 43.5 Å². The number of carbonyl (C=O) groups excluding carboxylic acids is 1. The summed E-state index contributed by atoms with van der Waals surface area (Å²) >= 11 is 6.17. The van der Waals surface area contributed by atoms with Crippen LogP contribution in [0.5, 0.6) is 0 Å². The average molecular weight is 372 g/mol. The van der Waals surface area contributed by atoms with E-state index in [2.05, 4.69) is 15.5 Å². The van der Waals surface area contributed by atoms with E-state index in [1.165, 1.54) is 6.42 Å². The lowest BCUT2D eigenvalue weighted by atomic mass is 9.98. The molecule has 1 saturated heterocycles. The van der Waals surface area contributed by atoms with Crippen molar-refractivity contribution < 1.29 is 4.79 Å². The fourth-order valence-corrected chi connectivity index (χ4v) is 3.73. The third-order valence-electron chi connectivity index (χ3n) is 4.90. The number of rotatable bonds is 6. The smallest absolute Gasteiger partial charge is 0.234 e. The monoisotopic (exact) mass is 371 g/mol. The SMILES string of the molecule is CNC1CCCN(CC(=O)NC(c2ccccc2)c2cccc(Cl)c2)C1. The topological polar surface area (TPSA) is 44.4 Å². The number of nitrogens with zero attached hydrogens (tertiary/aromatic N) is 1. The molecule has 0 saturated carbocycles. The minimum Gasteiger partial charge on any atom is -0.344 e. The molecule has 5 heteroatoms. The van der Waals surface area contributed by atoms with Crippen LogP contribution < -0.4 is 10.6 Å². The number of hydrogen-bond donors (Lipinski definition) is 2. The normalized spacial score (nSPS) is 19.1. The number of hydrogen-bond acceptors (Lipinski definition) is 3. The van der Waals surface area contributed by atoms with Gasteiger partial charge in [0.25, 0.3) is 0 Å². The van der Waals surface area contributed by atoms with Crippen molar-refractivity contribution in [3.8, 4) is 0 Å². The zero-order valence-corrected chi connectivity index (χ0v) is 15.9. The average Bonchev–Trinajstić information content (AvgIpc) is 2.67. The summed E-state index contributed by atoms with van der Waals surface area (Å²) in [5.74, 6) is 0.0376. The lowest BCUT2D eigenvalue weighted by Crippen LogP contribution is -2.48. The van der Waals surface area contributed by atoms with Gasteiger partial charge in [-0.05, 0) is 49.7 Å². The Kier molecular flexibility index (Phi) is 6.67. The Balaban J connectivity index is 1.72. The quantitative estimate of drug-likeness (QED) is 0.819. The van der Waals surface area contributed by atoms with Gasteiger partial charge >= 0.3 is 0 Å². The van der Waals surface area contributed by atoms with E-state index < -0.39 is 0 Å². The second kappa shape index (κ2) is 9.17. The molecule has 1 fully saturated rings. The molecule has 1 heterocycles. The van der Waals surface area contributed by atoms with E-state index in [4.69, 9.17) is 11.6 Å². The zero-order chi connectivity index (χ0) is 18.4. The molecule has 138 valence electrons. The van der Waals surface area contributed by atoms with E-state index in [0.717, 1.165) is 30.6 Å². The molecule has 4 nitrogen and oxygen atoms in total. The van der Waals surface area contributed by atoms with Crippen molar-refractivity contribution in [2.75, 3.05) is 26.7 Å². The van der Waals surface area contributed by atoms with Gasteiger partial charge in [-0.1, -0.05) is 54.1 Å². The molecular formula is C21H26ClN3O. The number of benzene rings is 2. The Bertz CT molecular complexity index is 722. The Labute approximate surface area is 160 Å². The molecule has 2 aromatic carbocycles. The van der Waals surface area contributed by atoms with Gasteiger partial charge in [0.05, 0.1) is 12.6 Å². The highest BCUT2D eigenvalue weighted by Crippen LogP contribution is 2.24. The fourth-order valence-electron chi connectivity index (χ4n) is 3.54. The molecule has 0 aliphatic carbocycles. The first-order valence-electron chi connectivity index (χ1n) is 9.15. The Hall–Kier alpha value is -1.88. The minimum atomic E-state index is -0.202. The first kappa shape index (κ1) is 18.9. The van der Waals surface area contributed by atoms with Gasteiger partial charge in [-0.25, -0.2) is 0 Å². The lowest BCUT2D eigenvalue weighted by molar-refractivity contribution is -0.123. The van der Waals surface area contributed by atoms with E-state index in [-0.39, 0.29) is 11.9 Å². The molecule has 0 bridgehead atoms. The molecule has 2 atom stereocenters. The van der Waals surface area contributed by atoms with Crippen LogP contribution in [0.25, 0.3) is 0 Å². The van der Waals surface area contributed by atoms with Gasteiger partial charge in [0.15, 0.2) is 0 Å². The van der Waals surface area contributed by atoms with Crippen LogP contribution in [0.1, 0.15) is 30.0 Å². The van der Waals surface area contributed by atoms with Crippen molar-refractivity contribution in [2.24, 2.45) is 0 Å². The summed E-state index contributed by atoms with van der Waals surface area (Å²) in [6.07, 6.45) is 2.29. The first-order chi connectivity index (χ1) is 12.7. The highest BCUT2D eigenvalue weighted by Gasteiger charge is 2.22. The van der Waals surface area contributed by atoms with Gasteiger partial charge in [0, 0.05) is 17.6 Å². The van der Waals surface area contributed by atoms with Gasteiger partial charge in [0.2, 0.25) is 5.91 Å². The molecule has 1 aliphatic heterocycles. The number of carbonyl (C=O) groups is 1. The van der Waals surface area contributed by atoms with Gasteiger partial charge in [-0.15, -0.1) is 0 Å². The number of halogens is 1. The van der Waals surface area contributed by atoms with Gasteiger partial charge in [-0.3, -0.25) is 9.69 Å². The van der Waals surface area contributed by atoms with Crippen molar-refractivity contribution in [2.45, 2.75) is 24.9 Å². The first-order valence-corrected chi connectivity index (χ1v) is 9.53. The number of amides is 1. The molecule has 0 spiro atoms. The molecule has 3 rings (SSSR count). The van der Waals surface area contributed by atoms with Crippen LogP contribution in [0.2, 0.25) is 5.02 Å². The van der Waals surface area contributed by atoms with Crippen molar-refractivity contribution in [3.63, 3.8) is 0 Å². The maximum atomic E-state index is 12.7. The van der Waals surface area contributed by atoms with E-state index in [0.29, 0.717) is 17.6 Å². The largest absolute Gasteiger partial charge is 0.344 e. The number of likely N-dealkylation sites (tertiary alicyclic amines) is 1. The standard InChI is InChI=1S/C21H26ClN3O/c1-23-19-11-6-12-25(14-19)15-20(26)24-21(16-7-3-2-4-8-16)17-9-5-10-18(22)13-17/h2-5,7-10,13,19,21,23H,6,11-12,14-15H2,1H3,(H,24,26). The maximum Gasteiger partial charge on any atom is 0.234 e. The van der Waals surface area contributed by atoms with E-state index in [9.17, 15) is 4.79 Å². The van der Waals surface area contributed by atoms with Gasteiger partial charge < -0.3 is 10.6 Å². The van der Waals surface area contributed by atoms with Crippen LogP contribution in [-0.2, 0) is 4.79 Å². The Morgan fingerprint density at radius 2 is 1.96 bits per heavy atom. The number of likely N-dealkylation sites (N-methyl/N-ethyl adjacent to an activating group) is 1. The molecule has 26 heavy (non-hydrogen) atoms. The number of nitrogens with one attached hydrogen (secondary N) is 2. The molecule has 0 radical (unpaired) electrons. The van der Waals surface area contributed by atoms with Crippen LogP contribution in [0.15, 0.2) is 54.6 Å². The molecule has 1 amide bonds. The minimum absolute atomic E-state index is 0.0376. The summed E-state index contributed by atoms with van der Waals surface area (Å²) in [7, 11) is 1.98. The van der Waals surface area contributed by atoms with Gasteiger partial charge in [-0.2, -0.15) is 0 Å². The summed E-state index contributed by atoms with van der Waals surface area (Å²) < 4.78 is 0. The molecule has 2 aromatic rings. The molecular weight excluding hydrogens is 346 g/mol. The molecule has 1 aliphatic rings. The second-order valence-corrected chi connectivity index (χ2v) is 7.27. The summed E-state index contributed by atoms with van der Waals surface area (Å²) in [5, 5.41) is 7.19. The van der Waals surface area contributed by atoms with Crippen LogP contribution in [0.3, 0.4) is 0 Å². The summed E-state index contributed by atoms with van der Waals surface area (Å²) in [6, 6.07) is 18.0. The third-order valence-corrected chi connectivity index (χ3v) is 5.14. The van der Waals surface area contributed by atoms with E-state index >= 15 is 0 Å². The lowest BCUT2D eigenvalue weighted by Gasteiger charge is -2.32. The fraction of sp³-hybridized carbons (Fsp3) is 0.381.